The number of hydrogen-bond donors (Lipinski definition) is 3. The average molecular weight is 380 g/mol. The molecule has 0 radical (unpaired) electrons. The molecule has 0 aliphatic carbocycles. The van der Waals surface area contributed by atoms with E-state index in [1.807, 2.05) is 0 Å². The second-order valence-corrected chi connectivity index (χ2v) is 6.43. The molecular formula is C17H24N4O6. The smallest absolute Gasteiger partial charge is 0.407 e. The van der Waals surface area contributed by atoms with Crippen molar-refractivity contribution in [3.63, 3.8) is 0 Å². The zero-order valence-corrected chi connectivity index (χ0v) is 15.7. The summed E-state index contributed by atoms with van der Waals surface area (Å²) in [5.41, 5.74) is 4.36. The number of ether oxygens (including phenoxy) is 2. The molecule has 1 aromatic rings. The maximum absolute atomic E-state index is 11.5. The van der Waals surface area contributed by atoms with Gasteiger partial charge in [-0.05, 0) is 26.8 Å². The number of nitrogens with zero attached hydrogens (tertiary/aromatic N) is 1. The van der Waals surface area contributed by atoms with E-state index in [9.17, 15) is 19.7 Å². The van der Waals surface area contributed by atoms with Gasteiger partial charge < -0.3 is 25.8 Å². The molecule has 2 amide bonds. The van der Waals surface area contributed by atoms with E-state index in [1.54, 1.807) is 32.9 Å². The van der Waals surface area contributed by atoms with Crippen LogP contribution >= 0.6 is 0 Å². The summed E-state index contributed by atoms with van der Waals surface area (Å²) < 4.78 is 10.2. The molecule has 0 saturated heterocycles. The van der Waals surface area contributed by atoms with E-state index in [-0.39, 0.29) is 35.8 Å². The van der Waals surface area contributed by atoms with Gasteiger partial charge in [0.2, 0.25) is 5.91 Å². The van der Waals surface area contributed by atoms with E-state index < -0.39 is 22.5 Å². The Morgan fingerprint density at radius 1 is 1.26 bits per heavy atom. The minimum atomic E-state index is -0.795. The van der Waals surface area contributed by atoms with Crippen molar-refractivity contribution in [3.05, 3.63) is 40.0 Å². The third kappa shape index (κ3) is 7.22. The van der Waals surface area contributed by atoms with Crippen molar-refractivity contribution >= 4 is 23.4 Å². The summed E-state index contributed by atoms with van der Waals surface area (Å²) in [5.74, 6) is -0.672. The van der Waals surface area contributed by atoms with E-state index >= 15 is 0 Å². The molecule has 0 unspecified atom stereocenters. The summed E-state index contributed by atoms with van der Waals surface area (Å²) in [5, 5.41) is 16.7. The highest BCUT2D eigenvalue weighted by atomic mass is 16.6. The highest BCUT2D eigenvalue weighted by Gasteiger charge is 2.21. The molecule has 0 aromatic heterocycles. The minimum Gasteiger partial charge on any atom is -0.494 e. The number of carbonyl (C=O) groups excluding carboxylic acids is 2. The van der Waals surface area contributed by atoms with Crippen LogP contribution in [0.4, 0.5) is 16.2 Å². The molecule has 0 spiro atoms. The SMILES string of the molecule is COc1cc(C(N)=O)cc([N+](=O)[O-])c1NC/C=C/CNC(=O)OC(C)(C)C. The number of carbonyl (C=O) groups is 2. The monoisotopic (exact) mass is 380 g/mol. The second-order valence-electron chi connectivity index (χ2n) is 6.43. The highest BCUT2D eigenvalue weighted by Crippen LogP contribution is 2.35. The lowest BCUT2D eigenvalue weighted by Gasteiger charge is -2.19. The van der Waals surface area contributed by atoms with Crippen LogP contribution in [-0.2, 0) is 4.74 Å². The largest absolute Gasteiger partial charge is 0.494 e. The van der Waals surface area contributed by atoms with Crippen LogP contribution in [0.1, 0.15) is 31.1 Å². The Labute approximate surface area is 156 Å². The molecule has 27 heavy (non-hydrogen) atoms. The Kier molecular flexibility index (Phi) is 7.58. The van der Waals surface area contributed by atoms with E-state index in [1.165, 1.54) is 13.2 Å². The van der Waals surface area contributed by atoms with E-state index in [2.05, 4.69) is 10.6 Å². The van der Waals surface area contributed by atoms with Crippen LogP contribution < -0.4 is 21.1 Å². The van der Waals surface area contributed by atoms with Gasteiger partial charge in [0.15, 0.2) is 5.69 Å². The number of amides is 2. The van der Waals surface area contributed by atoms with Gasteiger partial charge in [-0.25, -0.2) is 4.79 Å². The van der Waals surface area contributed by atoms with E-state index in [0.29, 0.717) is 0 Å². The van der Waals surface area contributed by atoms with Gasteiger partial charge in [-0.1, -0.05) is 12.2 Å². The van der Waals surface area contributed by atoms with Crippen LogP contribution in [0, 0.1) is 10.1 Å². The number of primary amides is 1. The van der Waals surface area contributed by atoms with Crippen molar-refractivity contribution in [2.45, 2.75) is 26.4 Å². The molecule has 0 aliphatic rings. The zero-order chi connectivity index (χ0) is 20.6. The fourth-order valence-corrected chi connectivity index (χ4v) is 2.01. The van der Waals surface area contributed by atoms with Crippen molar-refractivity contribution in [2.24, 2.45) is 5.73 Å². The third-order valence-electron chi connectivity index (χ3n) is 3.11. The van der Waals surface area contributed by atoms with Crippen LogP contribution in [0.15, 0.2) is 24.3 Å². The van der Waals surface area contributed by atoms with Crippen molar-refractivity contribution in [3.8, 4) is 5.75 Å². The second kappa shape index (κ2) is 9.41. The van der Waals surface area contributed by atoms with Gasteiger partial charge in [-0.3, -0.25) is 14.9 Å². The summed E-state index contributed by atoms with van der Waals surface area (Å²) in [6, 6.07) is 2.41. The number of nitrogens with two attached hydrogens (primary N) is 1. The number of alkyl carbamates (subject to hydrolysis) is 1. The maximum Gasteiger partial charge on any atom is 0.407 e. The van der Waals surface area contributed by atoms with E-state index in [4.69, 9.17) is 15.2 Å². The number of nitrogens with one attached hydrogen (secondary N) is 2. The molecule has 0 atom stereocenters. The quantitative estimate of drug-likeness (QED) is 0.356. The summed E-state index contributed by atoms with van der Waals surface area (Å²) in [6.07, 6.45) is 2.79. The Morgan fingerprint density at radius 2 is 1.89 bits per heavy atom. The van der Waals surface area contributed by atoms with Crippen LogP contribution in [0.2, 0.25) is 0 Å². The Bertz CT molecular complexity index is 740. The van der Waals surface area contributed by atoms with Gasteiger partial charge in [-0.15, -0.1) is 0 Å². The van der Waals surface area contributed by atoms with Crippen molar-refractivity contribution in [1.29, 1.82) is 0 Å². The Morgan fingerprint density at radius 3 is 2.41 bits per heavy atom. The zero-order valence-electron chi connectivity index (χ0n) is 15.7. The summed E-state index contributed by atoms with van der Waals surface area (Å²) in [7, 11) is 1.33. The summed E-state index contributed by atoms with van der Waals surface area (Å²) in [4.78, 5) is 33.4. The fraction of sp³-hybridized carbons (Fsp3) is 0.412. The summed E-state index contributed by atoms with van der Waals surface area (Å²) >= 11 is 0. The van der Waals surface area contributed by atoms with Crippen LogP contribution in [0.3, 0.4) is 0 Å². The molecule has 0 saturated carbocycles. The number of methoxy groups -OCH3 is 1. The average Bonchev–Trinajstić information content (AvgIpc) is 2.55. The molecule has 1 aromatic carbocycles. The first-order chi connectivity index (χ1) is 12.5. The lowest BCUT2D eigenvalue weighted by molar-refractivity contribution is -0.384. The normalized spacial score (nSPS) is 11.1. The van der Waals surface area contributed by atoms with Gasteiger partial charge >= 0.3 is 6.09 Å². The fourth-order valence-electron chi connectivity index (χ4n) is 2.01. The van der Waals surface area contributed by atoms with Crippen molar-refractivity contribution in [1.82, 2.24) is 5.32 Å². The highest BCUT2D eigenvalue weighted by molar-refractivity contribution is 5.95. The Balaban J connectivity index is 2.72. The lowest BCUT2D eigenvalue weighted by Crippen LogP contribution is -2.32. The molecule has 0 bridgehead atoms. The standard InChI is InChI=1S/C17H24N4O6/c1-17(2,3)27-16(23)20-8-6-5-7-19-14-12(21(24)25)9-11(15(18)22)10-13(14)26-4/h5-6,9-10,19H,7-8H2,1-4H3,(H2,18,22)(H,20,23)/b6-5+. The number of nitro benzene ring substituents is 1. The topological polar surface area (TPSA) is 146 Å². The van der Waals surface area contributed by atoms with Gasteiger partial charge in [0.05, 0.1) is 12.0 Å². The number of nitro groups is 1. The molecular weight excluding hydrogens is 356 g/mol. The van der Waals surface area contributed by atoms with Crippen molar-refractivity contribution < 1.29 is 24.0 Å². The predicted molar refractivity (Wildman–Crippen MR) is 100 cm³/mol. The van der Waals surface area contributed by atoms with Crippen LogP contribution in [-0.4, -0.2) is 42.7 Å². The molecule has 10 nitrogen and oxygen atoms in total. The molecule has 148 valence electrons. The number of benzene rings is 1. The minimum absolute atomic E-state index is 0.0267. The first kappa shape index (κ1) is 21.7. The molecule has 0 heterocycles. The van der Waals surface area contributed by atoms with Gasteiger partial charge in [0, 0.05) is 24.7 Å². The van der Waals surface area contributed by atoms with Crippen molar-refractivity contribution in [2.75, 3.05) is 25.5 Å². The maximum atomic E-state index is 11.5. The third-order valence-corrected chi connectivity index (χ3v) is 3.11. The van der Waals surface area contributed by atoms with Gasteiger partial charge in [0.25, 0.3) is 5.69 Å². The molecule has 0 aliphatic heterocycles. The van der Waals surface area contributed by atoms with E-state index in [0.717, 1.165) is 6.07 Å². The number of rotatable bonds is 8. The number of hydrogen-bond acceptors (Lipinski definition) is 7. The Hall–Kier alpha value is -3.30. The number of anilines is 1. The predicted octanol–water partition coefficient (Wildman–Crippen LogP) is 2.20. The van der Waals surface area contributed by atoms with Crippen LogP contribution in [0.25, 0.3) is 0 Å². The van der Waals surface area contributed by atoms with Gasteiger partial charge in [0.1, 0.15) is 11.4 Å². The molecule has 4 N–H and O–H groups in total. The lowest BCUT2D eigenvalue weighted by atomic mass is 10.1. The molecule has 1 rings (SSSR count). The van der Waals surface area contributed by atoms with Crippen LogP contribution in [0.5, 0.6) is 5.75 Å². The molecule has 0 fully saturated rings. The molecule has 10 heteroatoms. The van der Waals surface area contributed by atoms with Gasteiger partial charge in [-0.2, -0.15) is 0 Å². The first-order valence-corrected chi connectivity index (χ1v) is 8.07. The summed E-state index contributed by atoms with van der Waals surface area (Å²) in [6.45, 7) is 5.74. The first-order valence-electron chi connectivity index (χ1n) is 8.07.